The molecule has 0 spiro atoms. The number of nitrogens with zero attached hydrogens (tertiary/aromatic N) is 4. The lowest BCUT2D eigenvalue weighted by atomic mass is 9.95. The van der Waals surface area contributed by atoms with Crippen molar-refractivity contribution in [1.29, 1.82) is 0 Å². The molecule has 196 valence electrons. The number of hydrogen-bond donors (Lipinski definition) is 1. The van der Waals surface area contributed by atoms with Crippen molar-refractivity contribution in [2.45, 2.75) is 26.5 Å². The Hall–Kier alpha value is -4.90. The van der Waals surface area contributed by atoms with E-state index in [0.717, 1.165) is 22.5 Å². The van der Waals surface area contributed by atoms with E-state index in [1.54, 1.807) is 31.2 Å². The van der Waals surface area contributed by atoms with Crippen molar-refractivity contribution in [3.05, 3.63) is 116 Å². The lowest BCUT2D eigenvalue weighted by Gasteiger charge is -2.22. The summed E-state index contributed by atoms with van der Waals surface area (Å²) in [7, 11) is 0. The van der Waals surface area contributed by atoms with Crippen LogP contribution in [0.15, 0.2) is 78.4 Å². The first-order valence-corrected chi connectivity index (χ1v) is 12.7. The van der Waals surface area contributed by atoms with Crippen molar-refractivity contribution < 1.29 is 24.4 Å². The zero-order chi connectivity index (χ0) is 27.7. The van der Waals surface area contributed by atoms with Crippen molar-refractivity contribution >= 4 is 39.6 Å². The van der Waals surface area contributed by atoms with Crippen LogP contribution in [0, 0.1) is 24.0 Å². The molecule has 1 aliphatic heterocycles. The van der Waals surface area contributed by atoms with Crippen LogP contribution in [0.4, 0.5) is 10.8 Å². The van der Waals surface area contributed by atoms with Gasteiger partial charge in [-0.25, -0.2) is 0 Å². The molecule has 1 saturated heterocycles. The molecule has 1 atom stereocenters. The number of carbonyl (C=O) groups is 2. The van der Waals surface area contributed by atoms with Crippen LogP contribution in [0.5, 0.6) is 5.75 Å². The molecular weight excluding hydrogens is 520 g/mol. The van der Waals surface area contributed by atoms with Crippen LogP contribution in [-0.2, 0) is 16.2 Å². The van der Waals surface area contributed by atoms with E-state index < -0.39 is 22.7 Å². The largest absolute Gasteiger partial charge is 0.507 e. The number of aryl methyl sites for hydroxylation is 2. The Morgan fingerprint density at radius 2 is 1.77 bits per heavy atom. The van der Waals surface area contributed by atoms with Gasteiger partial charge < -0.3 is 9.84 Å². The molecule has 1 aromatic heterocycles. The molecule has 5 rings (SSSR count). The molecule has 1 N–H and O–H groups in total. The fourth-order valence-electron chi connectivity index (χ4n) is 4.34. The average molecular weight is 543 g/mol. The molecule has 11 heteroatoms. The van der Waals surface area contributed by atoms with Gasteiger partial charge in [0.25, 0.3) is 11.5 Å². The summed E-state index contributed by atoms with van der Waals surface area (Å²) in [6.45, 7) is 4.07. The van der Waals surface area contributed by atoms with Crippen LogP contribution >= 0.6 is 11.3 Å². The fourth-order valence-corrected chi connectivity index (χ4v) is 5.05. The molecule has 0 aliphatic carbocycles. The molecule has 4 aromatic rings. The molecule has 0 bridgehead atoms. The number of nitro groups is 1. The zero-order valence-electron chi connectivity index (χ0n) is 20.9. The quantitative estimate of drug-likeness (QED) is 0.110. The van der Waals surface area contributed by atoms with Crippen molar-refractivity contribution in [1.82, 2.24) is 10.2 Å². The van der Waals surface area contributed by atoms with E-state index in [2.05, 4.69) is 10.2 Å². The Bertz CT molecular complexity index is 1610. The average Bonchev–Trinajstić information content (AvgIpc) is 3.47. The minimum absolute atomic E-state index is 0.149. The highest BCUT2D eigenvalue weighted by atomic mass is 32.1. The molecule has 0 radical (unpaired) electrons. The number of benzene rings is 3. The van der Waals surface area contributed by atoms with Crippen molar-refractivity contribution in [3.8, 4) is 5.75 Å². The smallest absolute Gasteiger partial charge is 0.301 e. The first kappa shape index (κ1) is 25.7. The number of carbonyl (C=O) groups excluding carboxylic acids is 2. The maximum Gasteiger partial charge on any atom is 0.301 e. The summed E-state index contributed by atoms with van der Waals surface area (Å²) in [5, 5.41) is 31.2. The number of aromatic nitrogens is 2. The van der Waals surface area contributed by atoms with Crippen LogP contribution in [-0.4, -0.2) is 31.9 Å². The second-order valence-electron chi connectivity index (χ2n) is 8.92. The Balaban J connectivity index is 1.51. The number of ether oxygens (including phenoxy) is 1. The molecule has 1 unspecified atom stereocenters. The van der Waals surface area contributed by atoms with Crippen LogP contribution in [0.25, 0.3) is 5.76 Å². The second kappa shape index (κ2) is 10.5. The molecule has 39 heavy (non-hydrogen) atoms. The van der Waals surface area contributed by atoms with E-state index in [1.807, 2.05) is 31.2 Å². The number of rotatable bonds is 7. The monoisotopic (exact) mass is 542 g/mol. The summed E-state index contributed by atoms with van der Waals surface area (Å²) in [6.07, 6.45) is 0. The van der Waals surface area contributed by atoms with Crippen molar-refractivity contribution in [2.24, 2.45) is 0 Å². The topological polar surface area (TPSA) is 136 Å². The maximum absolute atomic E-state index is 13.2. The third-order valence-corrected chi connectivity index (χ3v) is 7.04. The van der Waals surface area contributed by atoms with E-state index in [4.69, 9.17) is 4.74 Å². The number of aliphatic hydroxyl groups is 1. The van der Waals surface area contributed by atoms with E-state index in [0.29, 0.717) is 28.5 Å². The Kier molecular flexibility index (Phi) is 6.90. The van der Waals surface area contributed by atoms with Crippen LogP contribution in [0.3, 0.4) is 0 Å². The lowest BCUT2D eigenvalue weighted by molar-refractivity contribution is -0.384. The highest BCUT2D eigenvalue weighted by Crippen LogP contribution is 2.43. The van der Waals surface area contributed by atoms with Gasteiger partial charge in [0.05, 0.1) is 16.5 Å². The van der Waals surface area contributed by atoms with Crippen molar-refractivity contribution in [2.75, 3.05) is 4.90 Å². The fraction of sp³-hybridized carbons (Fsp3) is 0.143. The highest BCUT2D eigenvalue weighted by Gasteiger charge is 2.48. The van der Waals surface area contributed by atoms with Gasteiger partial charge in [-0.1, -0.05) is 41.2 Å². The molecule has 1 fully saturated rings. The van der Waals surface area contributed by atoms with Crippen LogP contribution < -0.4 is 9.64 Å². The molecular formula is C28H22N4O6S. The summed E-state index contributed by atoms with van der Waals surface area (Å²) in [5.41, 5.74) is 2.53. The van der Waals surface area contributed by atoms with Crippen LogP contribution in [0.1, 0.15) is 33.3 Å². The highest BCUT2D eigenvalue weighted by molar-refractivity contribution is 7.15. The van der Waals surface area contributed by atoms with E-state index in [1.165, 1.54) is 29.2 Å². The van der Waals surface area contributed by atoms with Gasteiger partial charge in [0.15, 0.2) is 0 Å². The molecule has 1 amide bonds. The van der Waals surface area contributed by atoms with Crippen molar-refractivity contribution in [3.63, 3.8) is 0 Å². The maximum atomic E-state index is 13.2. The number of non-ortho nitro benzene ring substituents is 1. The van der Waals surface area contributed by atoms with Crippen LogP contribution in [0.2, 0.25) is 0 Å². The lowest BCUT2D eigenvalue weighted by Crippen LogP contribution is -2.29. The minimum Gasteiger partial charge on any atom is -0.507 e. The number of Topliss-reactive ketones (excluding diaryl/α,β-unsaturated/α-hetero) is 1. The van der Waals surface area contributed by atoms with E-state index in [9.17, 15) is 24.8 Å². The second-order valence-corrected chi connectivity index (χ2v) is 10.1. The van der Waals surface area contributed by atoms with Gasteiger partial charge in [0.2, 0.25) is 5.13 Å². The number of ketones is 1. The third kappa shape index (κ3) is 5.12. The number of anilines is 1. The predicted molar refractivity (Wildman–Crippen MR) is 144 cm³/mol. The minimum atomic E-state index is -1.06. The number of aliphatic hydroxyl groups excluding tert-OH is 1. The van der Waals surface area contributed by atoms with E-state index >= 15 is 0 Å². The van der Waals surface area contributed by atoms with Gasteiger partial charge in [-0.2, -0.15) is 0 Å². The molecule has 0 saturated carbocycles. The SMILES string of the molecule is Cc1cccc(COc2ccc(C(O)=C3C(=O)C(=O)N(c4nnc(C)s4)C3c3ccc([N+](=O)[O-])cc3)cc2)c1. The Morgan fingerprint density at radius 1 is 1.05 bits per heavy atom. The standard InChI is InChI=1S/C28H22N4O6S/c1-16-4-3-5-18(14-16)15-38-22-12-8-20(9-13-22)25(33)23-24(19-6-10-21(11-7-19)32(36)37)31(27(35)26(23)34)28-30-29-17(2)39-28/h3-14,24,33H,15H2,1-2H3. The predicted octanol–water partition coefficient (Wildman–Crippen LogP) is 5.27. The van der Waals surface area contributed by atoms with Gasteiger partial charge in [0.1, 0.15) is 23.1 Å². The molecule has 1 aliphatic rings. The molecule has 10 nitrogen and oxygen atoms in total. The third-order valence-electron chi connectivity index (χ3n) is 6.20. The number of amides is 1. The van der Waals surface area contributed by atoms with Gasteiger partial charge in [-0.15, -0.1) is 10.2 Å². The summed E-state index contributed by atoms with van der Waals surface area (Å²) < 4.78 is 5.85. The number of hydrogen-bond acceptors (Lipinski definition) is 9. The number of nitro benzene ring substituents is 1. The van der Waals surface area contributed by atoms with Gasteiger partial charge in [0, 0.05) is 17.7 Å². The first-order chi connectivity index (χ1) is 18.7. The van der Waals surface area contributed by atoms with Gasteiger partial charge in [-0.3, -0.25) is 24.6 Å². The van der Waals surface area contributed by atoms with Gasteiger partial charge in [-0.05, 0) is 61.4 Å². The summed E-state index contributed by atoms with van der Waals surface area (Å²) >= 11 is 1.11. The Morgan fingerprint density at radius 3 is 2.38 bits per heavy atom. The van der Waals surface area contributed by atoms with Gasteiger partial charge >= 0.3 is 5.91 Å². The summed E-state index contributed by atoms with van der Waals surface area (Å²) in [5.74, 6) is -1.60. The zero-order valence-corrected chi connectivity index (χ0v) is 21.7. The summed E-state index contributed by atoms with van der Waals surface area (Å²) in [6, 6.07) is 18.9. The normalized spacial score (nSPS) is 16.5. The molecule has 3 aromatic carbocycles. The van der Waals surface area contributed by atoms with E-state index in [-0.39, 0.29) is 22.2 Å². The molecule has 2 heterocycles. The Labute approximate surface area is 227 Å². The first-order valence-electron chi connectivity index (χ1n) is 11.9. The summed E-state index contributed by atoms with van der Waals surface area (Å²) in [4.78, 5) is 38.2.